The van der Waals surface area contributed by atoms with E-state index in [0.29, 0.717) is 35.0 Å². The Kier molecular flexibility index (Phi) is 6.56. The van der Waals surface area contributed by atoms with E-state index in [1.54, 1.807) is 43.5 Å². The summed E-state index contributed by atoms with van der Waals surface area (Å²) >= 11 is 0. The van der Waals surface area contributed by atoms with Crippen LogP contribution in [0.5, 0.6) is 0 Å². The molecule has 0 amide bonds. The first-order valence-electron chi connectivity index (χ1n) is 10.2. The van der Waals surface area contributed by atoms with Gasteiger partial charge in [-0.1, -0.05) is 12.1 Å². The lowest BCUT2D eigenvalue weighted by molar-refractivity contribution is -0.137. The minimum atomic E-state index is -4.65. The highest BCUT2D eigenvalue weighted by Gasteiger charge is 2.31. The number of nitrogens with one attached hydrogen (secondary N) is 3. The van der Waals surface area contributed by atoms with Crippen LogP contribution in [0.2, 0.25) is 0 Å². The van der Waals surface area contributed by atoms with Crippen molar-refractivity contribution in [3.63, 3.8) is 0 Å². The number of hydrogen-bond donors (Lipinski definition) is 3. The lowest BCUT2D eigenvalue weighted by Crippen LogP contribution is -2.14. The fourth-order valence-electron chi connectivity index (χ4n) is 3.09. The molecule has 12 heteroatoms. The molecule has 2 heterocycles. The third kappa shape index (κ3) is 6.23. The van der Waals surface area contributed by atoms with E-state index in [1.165, 1.54) is 12.1 Å². The highest BCUT2D eigenvalue weighted by atomic mass is 32.2. The highest BCUT2D eigenvalue weighted by molar-refractivity contribution is 7.92. The van der Waals surface area contributed by atoms with Gasteiger partial charge in [0.05, 0.1) is 10.5 Å². The standard InChI is InChI=1S/C23H19F3N6O2S/c1-15-28-21(14-22(29-15)31-20-7-2-3-12-27-20)30-17-8-10-18(11-9-17)32-35(33,34)19-6-4-5-16(13-19)23(24,25)26/h2-14,32H,1H3,(H2,27,28,29,30,31). The number of alkyl halides is 3. The zero-order valence-corrected chi connectivity index (χ0v) is 19.0. The Morgan fingerprint density at radius 3 is 2.11 bits per heavy atom. The van der Waals surface area contributed by atoms with E-state index >= 15 is 0 Å². The van der Waals surface area contributed by atoms with E-state index in [1.807, 2.05) is 6.07 Å². The largest absolute Gasteiger partial charge is 0.416 e. The Bertz CT molecular complexity index is 1430. The van der Waals surface area contributed by atoms with Crippen LogP contribution in [-0.4, -0.2) is 23.4 Å². The molecule has 35 heavy (non-hydrogen) atoms. The van der Waals surface area contributed by atoms with Crippen LogP contribution in [0.4, 0.5) is 42.0 Å². The summed E-state index contributed by atoms with van der Waals surface area (Å²) in [7, 11) is -4.21. The molecule has 0 aliphatic carbocycles. The number of nitrogens with zero attached hydrogens (tertiary/aromatic N) is 3. The Labute approximate surface area is 199 Å². The lowest BCUT2D eigenvalue weighted by atomic mass is 10.2. The smallest absolute Gasteiger partial charge is 0.340 e. The van der Waals surface area contributed by atoms with E-state index in [-0.39, 0.29) is 5.69 Å². The summed E-state index contributed by atoms with van der Waals surface area (Å²) in [6.07, 6.45) is -3.00. The minimum Gasteiger partial charge on any atom is -0.340 e. The van der Waals surface area contributed by atoms with Crippen molar-refractivity contribution < 1.29 is 21.6 Å². The predicted octanol–water partition coefficient (Wildman–Crippen LogP) is 5.49. The number of pyridine rings is 1. The van der Waals surface area contributed by atoms with Crippen LogP contribution >= 0.6 is 0 Å². The van der Waals surface area contributed by atoms with Crippen molar-refractivity contribution in [2.24, 2.45) is 0 Å². The molecule has 0 radical (unpaired) electrons. The molecular formula is C23H19F3N6O2S. The number of halogens is 3. The van der Waals surface area contributed by atoms with Gasteiger partial charge in [-0.05, 0) is 61.5 Å². The van der Waals surface area contributed by atoms with Gasteiger partial charge >= 0.3 is 6.18 Å². The van der Waals surface area contributed by atoms with Crippen LogP contribution in [0.25, 0.3) is 0 Å². The molecule has 0 unspecified atom stereocenters. The molecule has 0 spiro atoms. The van der Waals surface area contributed by atoms with Crippen LogP contribution < -0.4 is 15.4 Å². The van der Waals surface area contributed by atoms with Crippen molar-refractivity contribution >= 4 is 38.9 Å². The van der Waals surface area contributed by atoms with Gasteiger partial charge < -0.3 is 10.6 Å². The van der Waals surface area contributed by atoms with Crippen molar-refractivity contribution in [1.29, 1.82) is 0 Å². The molecule has 0 fully saturated rings. The molecule has 4 rings (SSSR count). The first-order valence-corrected chi connectivity index (χ1v) is 11.7. The average molecular weight is 501 g/mol. The maximum atomic E-state index is 12.9. The molecule has 0 saturated carbocycles. The van der Waals surface area contributed by atoms with Crippen molar-refractivity contribution in [3.05, 3.63) is 90.4 Å². The zero-order valence-electron chi connectivity index (χ0n) is 18.2. The molecule has 3 N–H and O–H groups in total. The molecule has 0 aliphatic rings. The SMILES string of the molecule is Cc1nc(Nc2ccc(NS(=O)(=O)c3cccc(C(F)(F)F)c3)cc2)cc(Nc2ccccn2)n1. The second kappa shape index (κ2) is 9.58. The Hall–Kier alpha value is -4.19. The normalized spacial score (nSPS) is 11.7. The summed E-state index contributed by atoms with van der Waals surface area (Å²) in [5.74, 6) is 2.16. The third-order valence-corrected chi connectivity index (χ3v) is 6.02. The van der Waals surface area contributed by atoms with Gasteiger partial charge in [-0.2, -0.15) is 13.2 Å². The molecule has 0 bridgehead atoms. The van der Waals surface area contributed by atoms with Crippen molar-refractivity contribution in [2.45, 2.75) is 18.0 Å². The summed E-state index contributed by atoms with van der Waals surface area (Å²) in [6.45, 7) is 1.74. The van der Waals surface area contributed by atoms with Gasteiger partial charge in [0.1, 0.15) is 23.3 Å². The average Bonchev–Trinajstić information content (AvgIpc) is 2.80. The first kappa shape index (κ1) is 24.0. The van der Waals surface area contributed by atoms with Crippen LogP contribution in [-0.2, 0) is 16.2 Å². The third-order valence-electron chi connectivity index (χ3n) is 4.64. The van der Waals surface area contributed by atoms with Gasteiger partial charge in [0.15, 0.2) is 0 Å². The molecule has 2 aromatic heterocycles. The fourth-order valence-corrected chi connectivity index (χ4v) is 4.19. The summed E-state index contributed by atoms with van der Waals surface area (Å²) in [6, 6.07) is 16.8. The van der Waals surface area contributed by atoms with Gasteiger partial charge in [0.25, 0.3) is 10.0 Å². The minimum absolute atomic E-state index is 0.185. The number of benzene rings is 2. The maximum Gasteiger partial charge on any atom is 0.416 e. The topological polar surface area (TPSA) is 109 Å². The number of sulfonamides is 1. The summed E-state index contributed by atoms with van der Waals surface area (Å²) in [5, 5.41) is 6.19. The second-order valence-corrected chi connectivity index (χ2v) is 9.04. The first-order chi connectivity index (χ1) is 16.6. The highest BCUT2D eigenvalue weighted by Crippen LogP contribution is 2.31. The van der Waals surface area contributed by atoms with Crippen LogP contribution in [0.1, 0.15) is 11.4 Å². The van der Waals surface area contributed by atoms with E-state index in [4.69, 9.17) is 0 Å². The van der Waals surface area contributed by atoms with E-state index in [2.05, 4.69) is 30.3 Å². The van der Waals surface area contributed by atoms with Gasteiger partial charge in [-0.15, -0.1) is 0 Å². The Morgan fingerprint density at radius 1 is 0.771 bits per heavy atom. The van der Waals surface area contributed by atoms with Crippen LogP contribution in [0.15, 0.2) is 83.9 Å². The molecule has 2 aromatic carbocycles. The second-order valence-electron chi connectivity index (χ2n) is 7.36. The van der Waals surface area contributed by atoms with Gasteiger partial charge in [-0.3, -0.25) is 4.72 Å². The molecular weight excluding hydrogens is 481 g/mol. The molecule has 8 nitrogen and oxygen atoms in total. The number of anilines is 5. The van der Waals surface area contributed by atoms with E-state index < -0.39 is 26.7 Å². The molecule has 0 saturated heterocycles. The zero-order chi connectivity index (χ0) is 25.1. The number of hydrogen-bond acceptors (Lipinski definition) is 7. The monoisotopic (exact) mass is 500 g/mol. The number of rotatable bonds is 7. The van der Waals surface area contributed by atoms with Gasteiger partial charge in [0.2, 0.25) is 0 Å². The number of aromatic nitrogens is 3. The van der Waals surface area contributed by atoms with E-state index in [0.717, 1.165) is 18.2 Å². The summed E-state index contributed by atoms with van der Waals surface area (Å²) in [5.41, 5.74) is -0.254. The van der Waals surface area contributed by atoms with Crippen molar-refractivity contribution in [1.82, 2.24) is 15.0 Å². The molecule has 0 atom stereocenters. The molecule has 0 aliphatic heterocycles. The van der Waals surface area contributed by atoms with Gasteiger partial charge in [-0.25, -0.2) is 23.4 Å². The molecule has 180 valence electrons. The Morgan fingerprint density at radius 2 is 1.46 bits per heavy atom. The predicted molar refractivity (Wildman–Crippen MR) is 126 cm³/mol. The quantitative estimate of drug-likeness (QED) is 0.308. The fraction of sp³-hybridized carbons (Fsp3) is 0.0870. The molecule has 4 aromatic rings. The Balaban J connectivity index is 1.47. The summed E-state index contributed by atoms with van der Waals surface area (Å²) in [4.78, 5) is 12.4. The number of aryl methyl sites for hydroxylation is 1. The maximum absolute atomic E-state index is 12.9. The van der Waals surface area contributed by atoms with Crippen LogP contribution in [0.3, 0.4) is 0 Å². The van der Waals surface area contributed by atoms with Crippen LogP contribution in [0, 0.1) is 6.92 Å². The summed E-state index contributed by atoms with van der Waals surface area (Å²) < 4.78 is 66.2. The lowest BCUT2D eigenvalue weighted by Gasteiger charge is -2.12. The van der Waals surface area contributed by atoms with Crippen molar-refractivity contribution in [2.75, 3.05) is 15.4 Å². The van der Waals surface area contributed by atoms with Crippen molar-refractivity contribution in [3.8, 4) is 0 Å². The van der Waals surface area contributed by atoms with E-state index in [9.17, 15) is 21.6 Å². The van der Waals surface area contributed by atoms with Gasteiger partial charge in [0, 0.05) is 23.6 Å².